The van der Waals surface area contributed by atoms with Gasteiger partial charge in [0.2, 0.25) is 12.7 Å². The Morgan fingerprint density at radius 1 is 1.17 bits per heavy atom. The number of pyridine rings is 1. The van der Waals surface area contributed by atoms with Crippen LogP contribution >= 0.6 is 0 Å². The van der Waals surface area contributed by atoms with Gasteiger partial charge in [-0.1, -0.05) is 0 Å². The molecule has 5 rings (SSSR count). The predicted molar refractivity (Wildman–Crippen MR) is 111 cm³/mol. The van der Waals surface area contributed by atoms with Crippen LogP contribution in [-0.4, -0.2) is 41.7 Å². The molecule has 1 fully saturated rings. The van der Waals surface area contributed by atoms with E-state index in [1.165, 1.54) is 12.1 Å². The summed E-state index contributed by atoms with van der Waals surface area (Å²) in [7, 11) is 0. The first-order valence-corrected chi connectivity index (χ1v) is 10.1. The van der Waals surface area contributed by atoms with E-state index in [4.69, 9.17) is 14.5 Å². The summed E-state index contributed by atoms with van der Waals surface area (Å²) >= 11 is 0. The molecule has 6 nitrogen and oxygen atoms in total. The molecule has 7 heteroatoms. The summed E-state index contributed by atoms with van der Waals surface area (Å²) in [6, 6.07) is 12.5. The number of ether oxygens (including phenoxy) is 2. The molecule has 0 spiro atoms. The van der Waals surface area contributed by atoms with Crippen molar-refractivity contribution in [2.45, 2.75) is 25.9 Å². The van der Waals surface area contributed by atoms with Gasteiger partial charge in [0.1, 0.15) is 5.82 Å². The normalized spacial score (nSPS) is 19.0. The molecule has 3 heterocycles. The van der Waals surface area contributed by atoms with Crippen LogP contribution in [0, 0.1) is 5.82 Å². The van der Waals surface area contributed by atoms with Crippen molar-refractivity contribution in [3.8, 4) is 22.8 Å². The second-order valence-electron chi connectivity index (χ2n) is 7.77. The predicted octanol–water partition coefficient (Wildman–Crippen LogP) is 3.48. The quantitative estimate of drug-likeness (QED) is 0.720. The Morgan fingerprint density at radius 2 is 1.93 bits per heavy atom. The summed E-state index contributed by atoms with van der Waals surface area (Å²) in [5.41, 5.74) is 3.47. The maximum absolute atomic E-state index is 13.5. The Morgan fingerprint density at radius 3 is 2.73 bits per heavy atom. The lowest BCUT2D eigenvalue weighted by atomic mass is 10.0. The Labute approximate surface area is 173 Å². The molecule has 0 bridgehead atoms. The van der Waals surface area contributed by atoms with Crippen molar-refractivity contribution in [3.63, 3.8) is 0 Å². The highest BCUT2D eigenvalue weighted by molar-refractivity contribution is 5.86. The van der Waals surface area contributed by atoms with Crippen LogP contribution in [0.2, 0.25) is 0 Å². The van der Waals surface area contributed by atoms with E-state index in [0.717, 1.165) is 27.7 Å². The van der Waals surface area contributed by atoms with E-state index in [-0.39, 0.29) is 24.6 Å². The van der Waals surface area contributed by atoms with E-state index in [1.54, 1.807) is 12.1 Å². The third-order valence-electron chi connectivity index (χ3n) is 5.72. The average Bonchev–Trinajstić information content (AvgIpc) is 3.14. The molecule has 30 heavy (non-hydrogen) atoms. The molecule has 0 saturated carbocycles. The average molecular weight is 407 g/mol. The summed E-state index contributed by atoms with van der Waals surface area (Å²) in [4.78, 5) is 19.0. The van der Waals surface area contributed by atoms with Crippen LogP contribution in [0.5, 0.6) is 11.5 Å². The lowest BCUT2D eigenvalue weighted by molar-refractivity contribution is -0.120. The highest BCUT2D eigenvalue weighted by Crippen LogP contribution is 2.37. The topological polar surface area (TPSA) is 63.7 Å². The standard InChI is InChI=1S/C23H22FN3O3/c1-14-11-25-22(28)6-7-27(14)12-17-8-16-9-20-21(30-13-29-20)10-19(16)26-23(17)15-2-4-18(24)5-3-15/h2-5,8-10,14H,6-7,11-13H2,1H3,(H,25,28). The van der Waals surface area contributed by atoms with Gasteiger partial charge in [-0.05, 0) is 48.9 Å². The van der Waals surface area contributed by atoms with Crippen molar-refractivity contribution in [2.75, 3.05) is 19.9 Å². The third-order valence-corrected chi connectivity index (χ3v) is 5.72. The van der Waals surface area contributed by atoms with Crippen molar-refractivity contribution >= 4 is 16.8 Å². The van der Waals surface area contributed by atoms with Gasteiger partial charge in [-0.3, -0.25) is 9.69 Å². The Bertz CT molecular complexity index is 1120. The minimum atomic E-state index is -0.282. The number of nitrogens with one attached hydrogen (secondary N) is 1. The van der Waals surface area contributed by atoms with Gasteiger partial charge < -0.3 is 14.8 Å². The van der Waals surface area contributed by atoms with E-state index >= 15 is 0 Å². The van der Waals surface area contributed by atoms with Crippen molar-refractivity contribution in [1.82, 2.24) is 15.2 Å². The van der Waals surface area contributed by atoms with Crippen LogP contribution in [0.3, 0.4) is 0 Å². The summed E-state index contributed by atoms with van der Waals surface area (Å²) in [5.74, 6) is 1.18. The lowest BCUT2D eigenvalue weighted by Crippen LogP contribution is -2.37. The Kier molecular flexibility index (Phi) is 4.75. The van der Waals surface area contributed by atoms with E-state index in [9.17, 15) is 9.18 Å². The van der Waals surface area contributed by atoms with Crippen molar-refractivity contribution in [2.24, 2.45) is 0 Å². The van der Waals surface area contributed by atoms with Crippen molar-refractivity contribution in [3.05, 3.63) is 53.8 Å². The van der Waals surface area contributed by atoms with E-state index in [1.807, 2.05) is 12.1 Å². The largest absolute Gasteiger partial charge is 0.454 e. The monoisotopic (exact) mass is 407 g/mol. The molecule has 2 aromatic carbocycles. The molecular weight excluding hydrogens is 385 g/mol. The summed E-state index contributed by atoms with van der Waals surface area (Å²) in [6.07, 6.45) is 0.468. The molecule has 1 unspecified atom stereocenters. The van der Waals surface area contributed by atoms with Crippen molar-refractivity contribution < 1.29 is 18.7 Å². The fourth-order valence-corrected chi connectivity index (χ4v) is 3.98. The maximum atomic E-state index is 13.5. The van der Waals surface area contributed by atoms with Crippen LogP contribution in [0.1, 0.15) is 18.9 Å². The van der Waals surface area contributed by atoms with Crippen molar-refractivity contribution in [1.29, 1.82) is 0 Å². The van der Waals surface area contributed by atoms with E-state index in [0.29, 0.717) is 37.6 Å². The highest BCUT2D eigenvalue weighted by Gasteiger charge is 2.23. The van der Waals surface area contributed by atoms with Gasteiger partial charge in [-0.2, -0.15) is 0 Å². The molecule has 1 saturated heterocycles. The van der Waals surface area contributed by atoms with Gasteiger partial charge in [0, 0.05) is 49.1 Å². The fourth-order valence-electron chi connectivity index (χ4n) is 3.98. The SMILES string of the molecule is CC1CNC(=O)CCN1Cc1cc2cc3c(cc2nc1-c1ccc(F)cc1)OCO3. The Hall–Kier alpha value is -3.19. The second-order valence-corrected chi connectivity index (χ2v) is 7.77. The summed E-state index contributed by atoms with van der Waals surface area (Å²) in [5, 5.41) is 3.91. The molecule has 1 atom stereocenters. The number of rotatable bonds is 3. The van der Waals surface area contributed by atoms with Crippen LogP contribution in [0.25, 0.3) is 22.2 Å². The molecule has 2 aliphatic heterocycles. The molecular formula is C23H22FN3O3. The maximum Gasteiger partial charge on any atom is 0.231 e. The molecule has 154 valence electrons. The molecule has 1 N–H and O–H groups in total. The van der Waals surface area contributed by atoms with E-state index < -0.39 is 0 Å². The van der Waals surface area contributed by atoms with Gasteiger partial charge in [-0.15, -0.1) is 0 Å². The first-order chi connectivity index (χ1) is 14.6. The highest BCUT2D eigenvalue weighted by atomic mass is 19.1. The van der Waals surface area contributed by atoms with Gasteiger partial charge in [0.15, 0.2) is 11.5 Å². The minimum Gasteiger partial charge on any atom is -0.454 e. The molecule has 1 aromatic heterocycles. The smallest absolute Gasteiger partial charge is 0.231 e. The van der Waals surface area contributed by atoms with Gasteiger partial charge >= 0.3 is 0 Å². The molecule has 3 aromatic rings. The number of hydrogen-bond donors (Lipinski definition) is 1. The molecule has 2 aliphatic rings. The zero-order valence-corrected chi connectivity index (χ0v) is 16.7. The number of carbonyl (C=O) groups excluding carboxylic acids is 1. The first kappa shape index (κ1) is 18.8. The van der Waals surface area contributed by atoms with Crippen LogP contribution < -0.4 is 14.8 Å². The number of fused-ring (bicyclic) bond motifs is 2. The lowest BCUT2D eigenvalue weighted by Gasteiger charge is -2.27. The van der Waals surface area contributed by atoms with E-state index in [2.05, 4.69) is 23.2 Å². The number of aromatic nitrogens is 1. The minimum absolute atomic E-state index is 0.0763. The van der Waals surface area contributed by atoms with Gasteiger partial charge in [0.05, 0.1) is 11.2 Å². The van der Waals surface area contributed by atoms with Crippen LogP contribution in [0.15, 0.2) is 42.5 Å². The van der Waals surface area contributed by atoms with Crippen LogP contribution in [-0.2, 0) is 11.3 Å². The molecule has 0 aliphatic carbocycles. The molecule has 0 radical (unpaired) electrons. The van der Waals surface area contributed by atoms with Gasteiger partial charge in [0.25, 0.3) is 0 Å². The Balaban J connectivity index is 1.60. The molecule has 1 amide bonds. The third kappa shape index (κ3) is 3.57. The zero-order chi connectivity index (χ0) is 20.7. The van der Waals surface area contributed by atoms with Crippen LogP contribution in [0.4, 0.5) is 4.39 Å². The number of nitrogens with zero attached hydrogens (tertiary/aromatic N) is 2. The van der Waals surface area contributed by atoms with Gasteiger partial charge in [-0.25, -0.2) is 9.37 Å². The number of hydrogen-bond acceptors (Lipinski definition) is 5. The second kappa shape index (κ2) is 7.57. The number of benzene rings is 2. The number of carbonyl (C=O) groups is 1. The summed E-state index contributed by atoms with van der Waals surface area (Å²) < 4.78 is 24.5. The number of halogens is 1. The summed E-state index contributed by atoms with van der Waals surface area (Å²) in [6.45, 7) is 4.24. The first-order valence-electron chi connectivity index (χ1n) is 10.1. The zero-order valence-electron chi connectivity index (χ0n) is 16.7. The number of amides is 1. The fraction of sp³-hybridized carbons (Fsp3) is 0.304.